The number of fused-ring (bicyclic) bond motifs is 2. The zero-order valence-electron chi connectivity index (χ0n) is 22.7. The first-order chi connectivity index (χ1) is 18.1. The molecule has 3 amide bonds. The molecule has 3 N–H and O–H groups in total. The van der Waals surface area contributed by atoms with E-state index in [1.165, 1.54) is 0 Å². The number of rotatable bonds is 8. The second kappa shape index (κ2) is 11.9. The number of benzene rings is 2. The van der Waals surface area contributed by atoms with Gasteiger partial charge < -0.3 is 34.9 Å². The molecule has 0 aliphatic carbocycles. The van der Waals surface area contributed by atoms with Gasteiger partial charge in [-0.1, -0.05) is 13.0 Å². The minimum Gasteiger partial charge on any atom is -0.488 e. The SMILES string of the molecule is CC(C)NC(=O)Nc1ccc2c(c1)C(=O)N([C@@H](C)CO)C[C@H](C)[C@H](CN(C)Cc1ccc3c(c1)OCO3)O2. The fourth-order valence-electron chi connectivity index (χ4n) is 4.67. The van der Waals surface area contributed by atoms with E-state index in [-0.39, 0.29) is 49.4 Å². The van der Waals surface area contributed by atoms with Gasteiger partial charge in [0.25, 0.3) is 5.91 Å². The second-order valence-corrected chi connectivity index (χ2v) is 10.5. The molecule has 0 radical (unpaired) electrons. The molecule has 2 heterocycles. The van der Waals surface area contributed by atoms with Crippen LogP contribution in [0.15, 0.2) is 36.4 Å². The lowest BCUT2D eigenvalue weighted by atomic mass is 9.99. The van der Waals surface area contributed by atoms with Crippen LogP contribution in [0.25, 0.3) is 0 Å². The van der Waals surface area contributed by atoms with Crippen molar-refractivity contribution in [3.63, 3.8) is 0 Å². The quantitative estimate of drug-likeness (QED) is 0.484. The number of nitrogens with zero attached hydrogens (tertiary/aromatic N) is 2. The van der Waals surface area contributed by atoms with Gasteiger partial charge in [-0.3, -0.25) is 9.69 Å². The average Bonchev–Trinajstić information content (AvgIpc) is 3.33. The van der Waals surface area contributed by atoms with E-state index in [0.717, 1.165) is 17.1 Å². The molecular formula is C28H38N4O6. The van der Waals surface area contributed by atoms with Crippen LogP contribution in [-0.2, 0) is 6.54 Å². The number of anilines is 1. The Morgan fingerprint density at radius 1 is 1.13 bits per heavy atom. The number of carbonyl (C=O) groups excluding carboxylic acids is 2. The van der Waals surface area contributed by atoms with Gasteiger partial charge in [-0.15, -0.1) is 0 Å². The van der Waals surface area contributed by atoms with Crippen LogP contribution in [0, 0.1) is 5.92 Å². The highest BCUT2D eigenvalue weighted by Gasteiger charge is 2.33. The van der Waals surface area contributed by atoms with Gasteiger partial charge in [-0.2, -0.15) is 0 Å². The molecule has 10 heteroatoms. The highest BCUT2D eigenvalue weighted by atomic mass is 16.7. The maximum Gasteiger partial charge on any atom is 0.319 e. The average molecular weight is 527 g/mol. The number of nitrogens with one attached hydrogen (secondary N) is 2. The first-order valence-corrected chi connectivity index (χ1v) is 13.0. The lowest BCUT2D eigenvalue weighted by Gasteiger charge is -2.38. The van der Waals surface area contributed by atoms with E-state index in [0.29, 0.717) is 36.6 Å². The lowest BCUT2D eigenvalue weighted by Crippen LogP contribution is -2.49. The summed E-state index contributed by atoms with van der Waals surface area (Å²) < 4.78 is 17.4. The fourth-order valence-corrected chi connectivity index (χ4v) is 4.67. The molecule has 2 aliphatic rings. The van der Waals surface area contributed by atoms with E-state index >= 15 is 0 Å². The molecule has 0 aromatic heterocycles. The van der Waals surface area contributed by atoms with E-state index in [9.17, 15) is 14.7 Å². The Balaban J connectivity index is 1.55. The minimum atomic E-state index is -0.372. The van der Waals surface area contributed by atoms with Crippen LogP contribution in [0.5, 0.6) is 17.2 Å². The highest BCUT2D eigenvalue weighted by Crippen LogP contribution is 2.33. The lowest BCUT2D eigenvalue weighted by molar-refractivity contribution is 0.0341. The van der Waals surface area contributed by atoms with Crippen LogP contribution < -0.4 is 24.8 Å². The zero-order valence-corrected chi connectivity index (χ0v) is 22.7. The molecule has 0 unspecified atom stereocenters. The van der Waals surface area contributed by atoms with Gasteiger partial charge in [0.15, 0.2) is 11.5 Å². The Bertz CT molecular complexity index is 1160. The summed E-state index contributed by atoms with van der Waals surface area (Å²) in [6.07, 6.45) is -0.225. The Kier molecular flexibility index (Phi) is 8.63. The summed E-state index contributed by atoms with van der Waals surface area (Å²) in [6, 6.07) is 10.3. The van der Waals surface area contributed by atoms with Gasteiger partial charge in [0.1, 0.15) is 11.9 Å². The third kappa shape index (κ3) is 6.49. The van der Waals surface area contributed by atoms with Gasteiger partial charge in [-0.25, -0.2) is 4.79 Å². The third-order valence-electron chi connectivity index (χ3n) is 6.72. The predicted octanol–water partition coefficient (Wildman–Crippen LogP) is 3.30. The van der Waals surface area contributed by atoms with Crippen LogP contribution in [0.4, 0.5) is 10.5 Å². The Morgan fingerprint density at radius 2 is 1.87 bits per heavy atom. The van der Waals surface area contributed by atoms with E-state index in [2.05, 4.69) is 22.5 Å². The van der Waals surface area contributed by atoms with Crippen molar-refractivity contribution in [2.45, 2.75) is 52.4 Å². The molecule has 3 atom stereocenters. The van der Waals surface area contributed by atoms with Crippen molar-refractivity contribution in [2.24, 2.45) is 5.92 Å². The molecule has 38 heavy (non-hydrogen) atoms. The maximum atomic E-state index is 13.6. The van der Waals surface area contributed by atoms with Crippen LogP contribution >= 0.6 is 0 Å². The molecular weight excluding hydrogens is 488 g/mol. The van der Waals surface area contributed by atoms with Crippen molar-refractivity contribution in [1.29, 1.82) is 0 Å². The first-order valence-electron chi connectivity index (χ1n) is 13.0. The van der Waals surface area contributed by atoms with Crippen LogP contribution in [-0.4, -0.2) is 78.6 Å². The summed E-state index contributed by atoms with van der Waals surface area (Å²) in [5.74, 6) is 1.71. The van der Waals surface area contributed by atoms with Crippen molar-refractivity contribution in [3.05, 3.63) is 47.5 Å². The van der Waals surface area contributed by atoms with Crippen molar-refractivity contribution in [3.8, 4) is 17.2 Å². The van der Waals surface area contributed by atoms with Gasteiger partial charge in [0.2, 0.25) is 6.79 Å². The van der Waals surface area contributed by atoms with E-state index in [1.54, 1.807) is 23.1 Å². The Hall–Kier alpha value is -3.50. The smallest absolute Gasteiger partial charge is 0.319 e. The molecule has 2 aromatic rings. The molecule has 0 fully saturated rings. The number of carbonyl (C=O) groups is 2. The fraction of sp³-hybridized carbons (Fsp3) is 0.500. The van der Waals surface area contributed by atoms with E-state index in [1.807, 2.05) is 46.0 Å². The first kappa shape index (κ1) is 27.5. The van der Waals surface area contributed by atoms with Gasteiger partial charge in [0.05, 0.1) is 18.2 Å². The number of aliphatic hydroxyl groups is 1. The molecule has 0 bridgehead atoms. The summed E-state index contributed by atoms with van der Waals surface area (Å²) in [4.78, 5) is 29.7. The molecule has 10 nitrogen and oxygen atoms in total. The van der Waals surface area contributed by atoms with Gasteiger partial charge in [-0.05, 0) is 63.7 Å². The molecule has 2 aromatic carbocycles. The number of likely N-dealkylation sites (N-methyl/N-ethyl adjacent to an activating group) is 1. The van der Waals surface area contributed by atoms with Crippen LogP contribution in [0.1, 0.15) is 43.6 Å². The van der Waals surface area contributed by atoms with E-state index in [4.69, 9.17) is 14.2 Å². The van der Waals surface area contributed by atoms with Crippen molar-refractivity contribution in [2.75, 3.05) is 38.9 Å². The summed E-state index contributed by atoms with van der Waals surface area (Å²) >= 11 is 0. The number of aliphatic hydroxyl groups excluding tert-OH is 1. The summed E-state index contributed by atoms with van der Waals surface area (Å²) in [6.45, 7) is 9.43. The van der Waals surface area contributed by atoms with Crippen LogP contribution in [0.3, 0.4) is 0 Å². The minimum absolute atomic E-state index is 0.00470. The molecule has 0 saturated carbocycles. The standard InChI is InChI=1S/C28H38N4O6/c1-17(2)29-28(35)30-21-7-9-23-22(11-21)27(34)32(19(4)15-33)12-18(3)26(38-23)14-31(5)13-20-6-8-24-25(10-20)37-16-36-24/h6-11,17-19,26,33H,12-16H2,1-5H3,(H2,29,30,35)/t18-,19-,26-/m0/s1. The monoisotopic (exact) mass is 526 g/mol. The number of ether oxygens (including phenoxy) is 3. The zero-order chi connectivity index (χ0) is 27.4. The molecule has 2 aliphatic heterocycles. The highest BCUT2D eigenvalue weighted by molar-refractivity contribution is 5.99. The molecule has 0 saturated heterocycles. The number of amides is 3. The van der Waals surface area contributed by atoms with E-state index < -0.39 is 0 Å². The third-order valence-corrected chi connectivity index (χ3v) is 6.72. The largest absolute Gasteiger partial charge is 0.488 e. The van der Waals surface area contributed by atoms with Crippen molar-refractivity contribution in [1.82, 2.24) is 15.1 Å². The number of hydrogen-bond donors (Lipinski definition) is 3. The van der Waals surface area contributed by atoms with Gasteiger partial charge in [0, 0.05) is 37.3 Å². The predicted molar refractivity (Wildman–Crippen MR) is 144 cm³/mol. The summed E-state index contributed by atoms with van der Waals surface area (Å²) in [5, 5.41) is 15.4. The maximum absolute atomic E-state index is 13.6. The normalized spacial score (nSPS) is 19.5. The molecule has 0 spiro atoms. The Labute approximate surface area is 223 Å². The number of urea groups is 1. The second-order valence-electron chi connectivity index (χ2n) is 10.5. The number of hydrogen-bond acceptors (Lipinski definition) is 7. The molecule has 4 rings (SSSR count). The summed E-state index contributed by atoms with van der Waals surface area (Å²) in [7, 11) is 2.03. The van der Waals surface area contributed by atoms with Crippen LogP contribution in [0.2, 0.25) is 0 Å². The van der Waals surface area contributed by atoms with Gasteiger partial charge >= 0.3 is 6.03 Å². The summed E-state index contributed by atoms with van der Waals surface area (Å²) in [5.41, 5.74) is 1.93. The topological polar surface area (TPSA) is 113 Å². The Morgan fingerprint density at radius 3 is 2.61 bits per heavy atom. The van der Waals surface area contributed by atoms with Crippen molar-refractivity contribution < 1.29 is 28.9 Å². The van der Waals surface area contributed by atoms with Crippen molar-refractivity contribution >= 4 is 17.6 Å². The molecule has 206 valence electrons.